The number of para-hydroxylation sites is 2. The molecule has 90 valence electrons. The number of pyridine rings is 1. The van der Waals surface area contributed by atoms with Crippen molar-refractivity contribution in [1.29, 1.82) is 5.26 Å². The van der Waals surface area contributed by atoms with Gasteiger partial charge in [-0.2, -0.15) is 5.26 Å². The van der Waals surface area contributed by atoms with Crippen molar-refractivity contribution in [2.45, 2.75) is 0 Å². The smallest absolute Gasteiger partial charge is 0.149 e. The highest BCUT2D eigenvalue weighted by Crippen LogP contribution is 2.18. The third kappa shape index (κ3) is 2.22. The summed E-state index contributed by atoms with van der Waals surface area (Å²) in [6.07, 6.45) is 5.18. The fourth-order valence-electron chi connectivity index (χ4n) is 1.86. The summed E-state index contributed by atoms with van der Waals surface area (Å²) < 4.78 is 0. The van der Waals surface area contributed by atoms with Gasteiger partial charge in [-0.05, 0) is 35.9 Å². The van der Waals surface area contributed by atoms with Crippen molar-refractivity contribution in [2.24, 2.45) is 0 Å². The molecule has 0 saturated heterocycles. The molecule has 0 aliphatic heterocycles. The highest BCUT2D eigenvalue weighted by Gasteiger charge is 2.07. The Labute approximate surface area is 110 Å². The Kier molecular flexibility index (Phi) is 2.79. The first kappa shape index (κ1) is 11.2. The number of H-pyrrole nitrogens is 1. The Hall–Kier alpha value is -2.93. The first-order valence-corrected chi connectivity index (χ1v) is 5.84. The molecule has 0 atom stereocenters. The minimum Gasteiger partial charge on any atom is -0.337 e. The molecule has 4 heteroatoms. The quantitative estimate of drug-likeness (QED) is 0.707. The van der Waals surface area contributed by atoms with E-state index in [0.29, 0.717) is 11.4 Å². The van der Waals surface area contributed by atoms with Crippen LogP contribution in [0.3, 0.4) is 0 Å². The van der Waals surface area contributed by atoms with E-state index in [1.54, 1.807) is 18.5 Å². The van der Waals surface area contributed by atoms with Crippen LogP contribution in [0.2, 0.25) is 0 Å². The van der Waals surface area contributed by atoms with Crippen LogP contribution in [0.25, 0.3) is 22.7 Å². The van der Waals surface area contributed by atoms with Crippen LogP contribution in [0.15, 0.2) is 48.8 Å². The van der Waals surface area contributed by atoms with Crippen molar-refractivity contribution >= 4 is 22.7 Å². The van der Waals surface area contributed by atoms with E-state index in [4.69, 9.17) is 0 Å². The van der Waals surface area contributed by atoms with Crippen LogP contribution >= 0.6 is 0 Å². The van der Waals surface area contributed by atoms with E-state index in [1.807, 2.05) is 36.4 Å². The second-order valence-corrected chi connectivity index (χ2v) is 4.05. The van der Waals surface area contributed by atoms with Crippen molar-refractivity contribution in [2.75, 3.05) is 0 Å². The molecule has 0 radical (unpaired) electrons. The van der Waals surface area contributed by atoms with Gasteiger partial charge in [0.1, 0.15) is 11.9 Å². The number of nitrogens with one attached hydrogen (secondary N) is 1. The van der Waals surface area contributed by atoms with Gasteiger partial charge in [-0.1, -0.05) is 12.1 Å². The maximum Gasteiger partial charge on any atom is 0.149 e. The molecule has 3 aromatic rings. The zero-order chi connectivity index (χ0) is 13.1. The lowest BCUT2D eigenvalue weighted by molar-refractivity contribution is 1.27. The average molecular weight is 246 g/mol. The van der Waals surface area contributed by atoms with Crippen LogP contribution in [0.5, 0.6) is 0 Å². The van der Waals surface area contributed by atoms with E-state index in [2.05, 4.69) is 21.0 Å². The molecule has 4 nitrogen and oxygen atoms in total. The first-order chi connectivity index (χ1) is 9.36. The van der Waals surface area contributed by atoms with Gasteiger partial charge in [0, 0.05) is 12.4 Å². The largest absolute Gasteiger partial charge is 0.337 e. The second kappa shape index (κ2) is 4.75. The third-order valence-electron chi connectivity index (χ3n) is 2.78. The summed E-state index contributed by atoms with van der Waals surface area (Å²) in [6, 6.07) is 13.6. The van der Waals surface area contributed by atoms with Gasteiger partial charge < -0.3 is 4.98 Å². The number of hydrogen-bond donors (Lipinski definition) is 1. The Morgan fingerprint density at radius 1 is 1.16 bits per heavy atom. The summed E-state index contributed by atoms with van der Waals surface area (Å²) in [5.74, 6) is 0.584. The number of benzene rings is 1. The maximum atomic E-state index is 9.27. The van der Waals surface area contributed by atoms with E-state index in [-0.39, 0.29) is 0 Å². The van der Waals surface area contributed by atoms with E-state index in [9.17, 15) is 5.26 Å². The van der Waals surface area contributed by atoms with Crippen LogP contribution in [-0.4, -0.2) is 15.0 Å². The molecule has 0 aliphatic rings. The maximum absolute atomic E-state index is 9.27. The number of hydrogen-bond acceptors (Lipinski definition) is 3. The van der Waals surface area contributed by atoms with Crippen LogP contribution in [0, 0.1) is 11.3 Å². The molecule has 2 aromatic heterocycles. The number of fused-ring (bicyclic) bond motifs is 1. The Balaban J connectivity index is 2.08. The number of aromatic amines is 1. The van der Waals surface area contributed by atoms with Gasteiger partial charge in [0.2, 0.25) is 0 Å². The highest BCUT2D eigenvalue weighted by atomic mass is 14.9. The molecule has 0 bridgehead atoms. The van der Waals surface area contributed by atoms with Gasteiger partial charge in [0.05, 0.1) is 16.6 Å². The molecule has 0 amide bonds. The zero-order valence-corrected chi connectivity index (χ0v) is 10.0. The van der Waals surface area contributed by atoms with Gasteiger partial charge in [-0.3, -0.25) is 4.98 Å². The number of aromatic nitrogens is 3. The summed E-state index contributed by atoms with van der Waals surface area (Å²) >= 11 is 0. The van der Waals surface area contributed by atoms with Crippen molar-refractivity contribution in [3.05, 3.63) is 60.2 Å². The molecule has 1 N–H and O–H groups in total. The summed E-state index contributed by atoms with van der Waals surface area (Å²) in [7, 11) is 0. The van der Waals surface area contributed by atoms with Gasteiger partial charge in [0.15, 0.2) is 0 Å². The van der Waals surface area contributed by atoms with Crippen LogP contribution in [0.1, 0.15) is 11.4 Å². The van der Waals surface area contributed by atoms with Crippen LogP contribution in [-0.2, 0) is 0 Å². The predicted molar refractivity (Wildman–Crippen MR) is 73.8 cm³/mol. The summed E-state index contributed by atoms with van der Waals surface area (Å²) in [5, 5.41) is 9.27. The van der Waals surface area contributed by atoms with Crippen molar-refractivity contribution in [3.63, 3.8) is 0 Å². The van der Waals surface area contributed by atoms with E-state index >= 15 is 0 Å². The second-order valence-electron chi connectivity index (χ2n) is 4.05. The monoisotopic (exact) mass is 246 g/mol. The number of nitriles is 1. The molecule has 0 saturated carbocycles. The summed E-state index contributed by atoms with van der Waals surface area (Å²) in [5.41, 5.74) is 3.20. The number of rotatable bonds is 2. The minimum atomic E-state index is 0.502. The molecule has 1 aromatic carbocycles. The predicted octanol–water partition coefficient (Wildman–Crippen LogP) is 3.02. The van der Waals surface area contributed by atoms with E-state index in [1.165, 1.54) is 0 Å². The topological polar surface area (TPSA) is 65.4 Å². The Morgan fingerprint density at radius 2 is 1.95 bits per heavy atom. The SMILES string of the molecule is N#C/C(=C/c1ccncc1)c1nc2ccccc2[nH]1. The Bertz CT molecular complexity index is 746. The van der Waals surface area contributed by atoms with Crippen LogP contribution in [0.4, 0.5) is 0 Å². The van der Waals surface area contributed by atoms with Gasteiger partial charge in [0.25, 0.3) is 0 Å². The van der Waals surface area contributed by atoms with E-state index in [0.717, 1.165) is 16.6 Å². The average Bonchev–Trinajstić information content (AvgIpc) is 2.89. The lowest BCUT2D eigenvalue weighted by Crippen LogP contribution is -1.85. The number of nitrogens with zero attached hydrogens (tertiary/aromatic N) is 3. The van der Waals surface area contributed by atoms with Crippen molar-refractivity contribution < 1.29 is 0 Å². The van der Waals surface area contributed by atoms with Gasteiger partial charge >= 0.3 is 0 Å². The highest BCUT2D eigenvalue weighted by molar-refractivity contribution is 5.90. The van der Waals surface area contributed by atoms with Crippen molar-refractivity contribution in [1.82, 2.24) is 15.0 Å². The minimum absolute atomic E-state index is 0.502. The molecule has 2 heterocycles. The molecule has 0 aliphatic carbocycles. The Morgan fingerprint density at radius 3 is 2.68 bits per heavy atom. The summed E-state index contributed by atoms with van der Waals surface area (Å²) in [6.45, 7) is 0. The standard InChI is InChI=1S/C15H10N4/c16-10-12(9-11-5-7-17-8-6-11)15-18-13-3-1-2-4-14(13)19-15/h1-9H,(H,18,19)/b12-9-. The van der Waals surface area contributed by atoms with Crippen molar-refractivity contribution in [3.8, 4) is 6.07 Å². The fourth-order valence-corrected chi connectivity index (χ4v) is 1.86. The number of allylic oxidation sites excluding steroid dienone is 1. The molecule has 0 unspecified atom stereocenters. The fraction of sp³-hybridized carbons (Fsp3) is 0. The molecule has 0 fully saturated rings. The van der Waals surface area contributed by atoms with E-state index < -0.39 is 0 Å². The zero-order valence-electron chi connectivity index (χ0n) is 10.0. The van der Waals surface area contributed by atoms with Gasteiger partial charge in [-0.15, -0.1) is 0 Å². The normalized spacial score (nSPS) is 11.4. The first-order valence-electron chi connectivity index (χ1n) is 5.84. The summed E-state index contributed by atoms with van der Waals surface area (Å²) in [4.78, 5) is 11.5. The molecular weight excluding hydrogens is 236 g/mol. The molecular formula is C15H10N4. The molecule has 19 heavy (non-hydrogen) atoms. The molecule has 3 rings (SSSR count). The lowest BCUT2D eigenvalue weighted by atomic mass is 10.1. The molecule has 0 spiro atoms. The lowest BCUT2D eigenvalue weighted by Gasteiger charge is -1.94. The van der Waals surface area contributed by atoms with Crippen LogP contribution < -0.4 is 0 Å². The number of imidazole rings is 1. The van der Waals surface area contributed by atoms with Gasteiger partial charge in [-0.25, -0.2) is 4.98 Å². The third-order valence-corrected chi connectivity index (χ3v) is 2.78.